The van der Waals surface area contributed by atoms with Crippen LogP contribution >= 0.6 is 0 Å². The highest BCUT2D eigenvalue weighted by Gasteiger charge is 2.49. The number of unbranched alkanes of at least 4 members (excludes halogenated alkanes) is 9. The van der Waals surface area contributed by atoms with Crippen LogP contribution in [0.3, 0.4) is 0 Å². The SMILES string of the molecule is CCCCCCCCCCCC[Si](O[Si](C)(C)C)(O[Si](C)(C)C)O[Si](C)(C)C. The molecule has 0 aliphatic heterocycles. The lowest BCUT2D eigenvalue weighted by molar-refractivity contribution is 0.250. The van der Waals surface area contributed by atoms with E-state index in [0.29, 0.717) is 0 Å². The average molecular weight is 465 g/mol. The van der Waals surface area contributed by atoms with Crippen molar-refractivity contribution in [1.82, 2.24) is 0 Å². The first-order valence-corrected chi connectivity index (χ1v) is 23.9. The molecule has 0 aliphatic carbocycles. The molecule has 0 atom stereocenters. The third-order valence-corrected chi connectivity index (χ3v) is 16.3. The Labute approximate surface area is 182 Å². The van der Waals surface area contributed by atoms with Crippen molar-refractivity contribution >= 4 is 33.8 Å². The zero-order chi connectivity index (χ0) is 21.9. The summed E-state index contributed by atoms with van der Waals surface area (Å²) >= 11 is 0. The van der Waals surface area contributed by atoms with Crippen molar-refractivity contribution in [2.75, 3.05) is 0 Å². The molecule has 0 N–H and O–H groups in total. The molecule has 0 heterocycles. The Kier molecular flexibility index (Phi) is 13.6. The maximum atomic E-state index is 6.76. The molecule has 0 bridgehead atoms. The zero-order valence-corrected chi connectivity index (χ0v) is 25.0. The minimum absolute atomic E-state index is 1.00. The molecule has 0 radical (unpaired) electrons. The Bertz CT molecular complexity index is 357. The van der Waals surface area contributed by atoms with E-state index in [0.717, 1.165) is 6.04 Å². The van der Waals surface area contributed by atoms with Crippen molar-refractivity contribution in [2.45, 2.75) is 136 Å². The highest BCUT2D eigenvalue weighted by molar-refractivity contribution is 6.90. The van der Waals surface area contributed by atoms with Crippen molar-refractivity contribution in [3.8, 4) is 0 Å². The fraction of sp³-hybridized carbons (Fsp3) is 1.00. The van der Waals surface area contributed by atoms with Crippen LogP contribution in [0.25, 0.3) is 0 Å². The van der Waals surface area contributed by atoms with E-state index in [-0.39, 0.29) is 0 Å². The maximum absolute atomic E-state index is 6.76. The first-order chi connectivity index (χ1) is 12.7. The fourth-order valence-electron chi connectivity index (χ4n) is 3.44. The molecule has 0 amide bonds. The molecule has 0 rings (SSSR count). The fourth-order valence-corrected chi connectivity index (χ4v) is 18.2. The van der Waals surface area contributed by atoms with Crippen LogP contribution < -0.4 is 0 Å². The van der Waals surface area contributed by atoms with Crippen LogP contribution in [0.2, 0.25) is 65.0 Å². The molecule has 0 aliphatic rings. The second kappa shape index (κ2) is 13.2. The van der Waals surface area contributed by atoms with Crippen molar-refractivity contribution in [3.63, 3.8) is 0 Å². The molecule has 0 unspecified atom stereocenters. The zero-order valence-electron chi connectivity index (χ0n) is 21.0. The lowest BCUT2D eigenvalue weighted by Gasteiger charge is -2.43. The monoisotopic (exact) mass is 464 g/mol. The maximum Gasteiger partial charge on any atom is 0.469 e. The van der Waals surface area contributed by atoms with Gasteiger partial charge in [0.05, 0.1) is 0 Å². The molecule has 28 heavy (non-hydrogen) atoms. The molecule has 0 saturated heterocycles. The van der Waals surface area contributed by atoms with Crippen molar-refractivity contribution in [3.05, 3.63) is 0 Å². The first kappa shape index (κ1) is 28.7. The van der Waals surface area contributed by atoms with E-state index in [9.17, 15) is 0 Å². The molecular weight excluding hydrogens is 413 g/mol. The third-order valence-electron chi connectivity index (χ3n) is 4.22. The Morgan fingerprint density at radius 1 is 0.429 bits per heavy atom. The van der Waals surface area contributed by atoms with Crippen molar-refractivity contribution in [1.29, 1.82) is 0 Å². The van der Waals surface area contributed by atoms with Gasteiger partial charge in [-0.2, -0.15) is 0 Å². The Morgan fingerprint density at radius 3 is 1.00 bits per heavy atom. The third kappa shape index (κ3) is 17.6. The van der Waals surface area contributed by atoms with E-state index >= 15 is 0 Å². The molecule has 170 valence electrons. The molecule has 0 saturated carbocycles. The Morgan fingerprint density at radius 2 is 0.714 bits per heavy atom. The number of rotatable bonds is 17. The summed E-state index contributed by atoms with van der Waals surface area (Å²) in [6.07, 6.45) is 13.6. The summed E-state index contributed by atoms with van der Waals surface area (Å²) in [5.74, 6) is 0. The molecule has 7 heteroatoms. The summed E-state index contributed by atoms with van der Waals surface area (Å²) in [6, 6.07) is 1.00. The molecule has 0 aromatic carbocycles. The van der Waals surface area contributed by atoms with Gasteiger partial charge in [0, 0.05) is 6.04 Å². The minimum Gasteiger partial charge on any atom is -0.417 e. The van der Waals surface area contributed by atoms with E-state index in [1.165, 1.54) is 64.2 Å². The van der Waals surface area contributed by atoms with E-state index in [1.54, 1.807) is 0 Å². The largest absolute Gasteiger partial charge is 0.469 e. The van der Waals surface area contributed by atoms with Gasteiger partial charge in [-0.1, -0.05) is 64.7 Å². The number of hydrogen-bond donors (Lipinski definition) is 0. The van der Waals surface area contributed by atoms with Crippen LogP contribution in [0.15, 0.2) is 0 Å². The van der Waals surface area contributed by atoms with E-state index in [4.69, 9.17) is 12.3 Å². The predicted octanol–water partition coefficient (Wildman–Crippen LogP) is 8.40. The standard InChI is InChI=1S/C21H52O3Si4/c1-11-12-13-14-15-16-17-18-19-20-21-28(22-25(2,3)4,23-26(5,6)7)24-27(8,9)10/h11-21H2,1-10H3. The van der Waals surface area contributed by atoms with Crippen LogP contribution in [0.1, 0.15) is 71.1 Å². The van der Waals surface area contributed by atoms with Gasteiger partial charge in [0.1, 0.15) is 0 Å². The lowest BCUT2D eigenvalue weighted by Crippen LogP contribution is -2.60. The average Bonchev–Trinajstić information content (AvgIpc) is 2.43. The van der Waals surface area contributed by atoms with Crippen LogP contribution in [0, 0.1) is 0 Å². The minimum atomic E-state index is -2.61. The van der Waals surface area contributed by atoms with Gasteiger partial charge in [-0.25, -0.2) is 0 Å². The van der Waals surface area contributed by atoms with E-state index in [1.807, 2.05) is 0 Å². The summed E-state index contributed by atoms with van der Waals surface area (Å²) in [5, 5.41) is 0. The molecule has 3 nitrogen and oxygen atoms in total. The van der Waals surface area contributed by atoms with Gasteiger partial charge >= 0.3 is 8.80 Å². The van der Waals surface area contributed by atoms with E-state index < -0.39 is 33.8 Å². The van der Waals surface area contributed by atoms with Crippen molar-refractivity contribution < 1.29 is 12.3 Å². The summed E-state index contributed by atoms with van der Waals surface area (Å²) in [6.45, 7) is 22.7. The highest BCUT2D eigenvalue weighted by atomic mass is 28.5. The van der Waals surface area contributed by atoms with Crippen LogP contribution in [-0.4, -0.2) is 33.8 Å². The molecule has 0 aromatic heterocycles. The summed E-state index contributed by atoms with van der Waals surface area (Å²) < 4.78 is 20.3. The van der Waals surface area contributed by atoms with Crippen LogP contribution in [0.4, 0.5) is 0 Å². The van der Waals surface area contributed by atoms with Gasteiger partial charge < -0.3 is 12.3 Å². The topological polar surface area (TPSA) is 27.7 Å². The van der Waals surface area contributed by atoms with Crippen LogP contribution in [-0.2, 0) is 12.3 Å². The van der Waals surface area contributed by atoms with Crippen LogP contribution in [0.5, 0.6) is 0 Å². The van der Waals surface area contributed by atoms with Gasteiger partial charge in [0.25, 0.3) is 0 Å². The smallest absolute Gasteiger partial charge is 0.417 e. The van der Waals surface area contributed by atoms with Gasteiger partial charge in [-0.05, 0) is 65.3 Å². The molecule has 0 aromatic rings. The first-order valence-electron chi connectivity index (χ1n) is 11.8. The lowest BCUT2D eigenvalue weighted by atomic mass is 10.1. The predicted molar refractivity (Wildman–Crippen MR) is 136 cm³/mol. The van der Waals surface area contributed by atoms with Crippen molar-refractivity contribution in [2.24, 2.45) is 0 Å². The van der Waals surface area contributed by atoms with Gasteiger partial charge in [-0.3, -0.25) is 0 Å². The quantitative estimate of drug-likeness (QED) is 0.160. The Balaban J connectivity index is 4.66. The van der Waals surface area contributed by atoms with Gasteiger partial charge in [0.15, 0.2) is 25.0 Å². The molecule has 0 spiro atoms. The van der Waals surface area contributed by atoms with E-state index in [2.05, 4.69) is 65.8 Å². The number of hydrogen-bond acceptors (Lipinski definition) is 3. The second-order valence-electron chi connectivity index (χ2n) is 11.3. The summed E-state index contributed by atoms with van der Waals surface area (Å²) in [5.41, 5.74) is 0. The molecular formula is C21H52O3Si4. The highest BCUT2D eigenvalue weighted by Crippen LogP contribution is 2.30. The van der Waals surface area contributed by atoms with Gasteiger partial charge in [0.2, 0.25) is 0 Å². The Hall–Kier alpha value is 0.748. The summed E-state index contributed by atoms with van der Waals surface area (Å²) in [4.78, 5) is 0. The second-order valence-corrected chi connectivity index (χ2v) is 28.2. The summed E-state index contributed by atoms with van der Waals surface area (Å²) in [7, 11) is -7.81. The molecule has 0 fully saturated rings. The normalized spacial score (nSPS) is 13.9. The van der Waals surface area contributed by atoms with Gasteiger partial charge in [-0.15, -0.1) is 0 Å².